The minimum Gasteiger partial charge on any atom is -0.344 e. The van der Waals surface area contributed by atoms with Crippen molar-refractivity contribution in [1.82, 2.24) is 6.15 Å². The van der Waals surface area contributed by atoms with E-state index in [0.717, 1.165) is 18.4 Å². The molecule has 19 heavy (non-hydrogen) atoms. The van der Waals surface area contributed by atoms with Crippen LogP contribution in [0.2, 0.25) is 0 Å². The number of hydrogen-bond acceptors (Lipinski definition) is 3. The minimum absolute atomic E-state index is 0. The number of hydrogen-bond donors (Lipinski definition) is 2. The molecule has 0 radical (unpaired) electrons. The molecule has 0 aromatic heterocycles. The average Bonchev–Trinajstić information content (AvgIpc) is 2.33. The Morgan fingerprint density at radius 1 is 1.00 bits per heavy atom. The van der Waals surface area contributed by atoms with Crippen LogP contribution in [0.5, 0.6) is 0 Å². The van der Waals surface area contributed by atoms with Crippen LogP contribution in [0.25, 0.3) is 0 Å². The molecule has 0 saturated heterocycles. The normalized spacial score (nSPS) is 11.1. The van der Waals surface area contributed by atoms with E-state index in [1.807, 2.05) is 0 Å². The summed E-state index contributed by atoms with van der Waals surface area (Å²) >= 11 is 0. The molecule has 4 nitrogen and oxygen atoms in total. The van der Waals surface area contributed by atoms with E-state index in [-0.39, 0.29) is 11.0 Å². The SMILES string of the molecule is CCCCCCCCc1ccccc1S(=O)(=O)O.N. The summed E-state index contributed by atoms with van der Waals surface area (Å²) in [4.78, 5) is 0.0542. The molecule has 0 bridgehead atoms. The Hall–Kier alpha value is -0.910. The summed E-state index contributed by atoms with van der Waals surface area (Å²) < 4.78 is 31.5. The van der Waals surface area contributed by atoms with Gasteiger partial charge in [-0.05, 0) is 24.5 Å². The summed E-state index contributed by atoms with van der Waals surface area (Å²) in [7, 11) is -4.08. The number of rotatable bonds is 8. The molecule has 110 valence electrons. The van der Waals surface area contributed by atoms with Crippen molar-refractivity contribution in [3.8, 4) is 0 Å². The summed E-state index contributed by atoms with van der Waals surface area (Å²) in [6.45, 7) is 2.18. The molecule has 0 amide bonds. The maximum Gasteiger partial charge on any atom is 0.294 e. The van der Waals surface area contributed by atoms with Gasteiger partial charge in [-0.2, -0.15) is 8.42 Å². The van der Waals surface area contributed by atoms with E-state index >= 15 is 0 Å². The highest BCUT2D eigenvalue weighted by molar-refractivity contribution is 7.85. The van der Waals surface area contributed by atoms with E-state index in [1.165, 1.54) is 31.7 Å². The Morgan fingerprint density at radius 3 is 2.21 bits per heavy atom. The second-order valence-corrected chi connectivity index (χ2v) is 5.99. The van der Waals surface area contributed by atoms with Gasteiger partial charge in [0.2, 0.25) is 0 Å². The molecule has 0 unspecified atom stereocenters. The third-order valence-electron chi connectivity index (χ3n) is 3.05. The molecule has 0 aliphatic carbocycles. The van der Waals surface area contributed by atoms with E-state index in [2.05, 4.69) is 6.92 Å². The number of benzene rings is 1. The van der Waals surface area contributed by atoms with Gasteiger partial charge in [0.15, 0.2) is 0 Å². The van der Waals surface area contributed by atoms with Gasteiger partial charge in [-0.3, -0.25) is 4.55 Å². The number of aryl methyl sites for hydroxylation is 1. The Bertz CT molecular complexity index is 458. The molecule has 5 heteroatoms. The van der Waals surface area contributed by atoms with Gasteiger partial charge >= 0.3 is 0 Å². The zero-order valence-corrected chi connectivity index (χ0v) is 12.5. The fourth-order valence-corrected chi connectivity index (χ4v) is 2.81. The molecular weight excluding hydrogens is 262 g/mol. The fraction of sp³-hybridized carbons (Fsp3) is 0.571. The first kappa shape index (κ1) is 18.1. The van der Waals surface area contributed by atoms with Gasteiger partial charge in [0, 0.05) is 0 Å². The molecule has 1 rings (SSSR count). The van der Waals surface area contributed by atoms with Crippen molar-refractivity contribution in [3.63, 3.8) is 0 Å². The first-order valence-corrected chi connectivity index (χ1v) is 8.05. The van der Waals surface area contributed by atoms with E-state index in [0.29, 0.717) is 6.42 Å². The summed E-state index contributed by atoms with van der Waals surface area (Å²) in [5.41, 5.74) is 0.718. The minimum atomic E-state index is -4.08. The first-order chi connectivity index (χ1) is 8.55. The number of unbranched alkanes of at least 4 members (excludes halogenated alkanes) is 5. The Morgan fingerprint density at radius 2 is 1.58 bits per heavy atom. The summed E-state index contributed by atoms with van der Waals surface area (Å²) in [5, 5.41) is 0. The third kappa shape index (κ3) is 6.71. The lowest BCUT2D eigenvalue weighted by atomic mass is 10.1. The van der Waals surface area contributed by atoms with Crippen molar-refractivity contribution in [2.75, 3.05) is 0 Å². The summed E-state index contributed by atoms with van der Waals surface area (Å²) in [6.07, 6.45) is 7.73. The van der Waals surface area contributed by atoms with Gasteiger partial charge in [-0.25, -0.2) is 0 Å². The molecule has 0 aliphatic heterocycles. The zero-order valence-electron chi connectivity index (χ0n) is 11.6. The van der Waals surface area contributed by atoms with Crippen LogP contribution in [0.4, 0.5) is 0 Å². The monoisotopic (exact) mass is 287 g/mol. The lowest BCUT2D eigenvalue weighted by Crippen LogP contribution is -2.03. The standard InChI is InChI=1S/C14H22O3S.H3N/c1-2-3-4-5-6-7-10-13-11-8-9-12-14(13)18(15,16)17;/h8-9,11-12H,2-7,10H2,1H3,(H,15,16,17);1H3. The lowest BCUT2D eigenvalue weighted by Gasteiger charge is -2.06. The molecular formula is C14H25NO3S. The van der Waals surface area contributed by atoms with E-state index in [9.17, 15) is 8.42 Å². The summed E-state index contributed by atoms with van der Waals surface area (Å²) in [6, 6.07) is 6.67. The Labute approximate surface area is 116 Å². The van der Waals surface area contributed by atoms with Gasteiger partial charge in [0.05, 0.1) is 4.90 Å². The lowest BCUT2D eigenvalue weighted by molar-refractivity contribution is 0.481. The maximum absolute atomic E-state index is 11.2. The highest BCUT2D eigenvalue weighted by Crippen LogP contribution is 2.18. The first-order valence-electron chi connectivity index (χ1n) is 6.61. The molecule has 0 heterocycles. The highest BCUT2D eigenvalue weighted by atomic mass is 32.2. The van der Waals surface area contributed by atoms with Gasteiger partial charge in [-0.15, -0.1) is 0 Å². The Kier molecular flexibility index (Phi) is 8.63. The average molecular weight is 287 g/mol. The van der Waals surface area contributed by atoms with E-state index < -0.39 is 10.1 Å². The fourth-order valence-electron chi connectivity index (χ4n) is 2.06. The van der Waals surface area contributed by atoms with Crippen molar-refractivity contribution in [2.24, 2.45) is 0 Å². The van der Waals surface area contributed by atoms with Crippen LogP contribution in [0, 0.1) is 0 Å². The molecule has 0 aliphatic rings. The van der Waals surface area contributed by atoms with E-state index in [4.69, 9.17) is 4.55 Å². The van der Waals surface area contributed by atoms with Crippen LogP contribution in [-0.4, -0.2) is 13.0 Å². The van der Waals surface area contributed by atoms with Crippen LogP contribution in [0.15, 0.2) is 29.2 Å². The van der Waals surface area contributed by atoms with Gasteiger partial charge < -0.3 is 6.15 Å². The van der Waals surface area contributed by atoms with Crippen molar-refractivity contribution in [1.29, 1.82) is 0 Å². The smallest absolute Gasteiger partial charge is 0.294 e. The van der Waals surface area contributed by atoms with Crippen molar-refractivity contribution >= 4 is 10.1 Å². The topological polar surface area (TPSA) is 89.4 Å². The highest BCUT2D eigenvalue weighted by Gasteiger charge is 2.13. The largest absolute Gasteiger partial charge is 0.344 e. The molecule has 1 aromatic rings. The van der Waals surface area contributed by atoms with Crippen molar-refractivity contribution < 1.29 is 13.0 Å². The van der Waals surface area contributed by atoms with Crippen LogP contribution in [0.3, 0.4) is 0 Å². The second kappa shape index (κ2) is 9.07. The molecule has 0 saturated carbocycles. The van der Waals surface area contributed by atoms with Gasteiger partial charge in [-0.1, -0.05) is 57.2 Å². The Balaban J connectivity index is 0.00000324. The predicted octanol–water partition coefficient (Wildman–Crippen LogP) is 4.00. The van der Waals surface area contributed by atoms with Gasteiger partial charge in [0.25, 0.3) is 10.1 Å². The van der Waals surface area contributed by atoms with Crippen LogP contribution in [0.1, 0.15) is 51.0 Å². The molecule has 0 fully saturated rings. The second-order valence-electron chi connectivity index (χ2n) is 4.60. The quantitative estimate of drug-likeness (QED) is 0.558. The molecule has 0 atom stereocenters. The van der Waals surface area contributed by atoms with Crippen molar-refractivity contribution in [3.05, 3.63) is 29.8 Å². The van der Waals surface area contributed by atoms with Crippen LogP contribution in [-0.2, 0) is 16.5 Å². The van der Waals surface area contributed by atoms with Crippen molar-refractivity contribution in [2.45, 2.75) is 56.8 Å². The molecule has 0 spiro atoms. The van der Waals surface area contributed by atoms with Gasteiger partial charge in [0.1, 0.15) is 0 Å². The third-order valence-corrected chi connectivity index (χ3v) is 4.00. The molecule has 4 N–H and O–H groups in total. The van der Waals surface area contributed by atoms with E-state index in [1.54, 1.807) is 18.2 Å². The van der Waals surface area contributed by atoms with Crippen LogP contribution >= 0.6 is 0 Å². The molecule has 1 aromatic carbocycles. The zero-order chi connectivity index (χ0) is 13.4. The summed E-state index contributed by atoms with van der Waals surface area (Å²) in [5.74, 6) is 0. The maximum atomic E-state index is 11.2. The van der Waals surface area contributed by atoms with Crippen LogP contribution < -0.4 is 6.15 Å². The predicted molar refractivity (Wildman–Crippen MR) is 78.4 cm³/mol.